The quantitative estimate of drug-likeness (QED) is 0.799. The van der Waals surface area contributed by atoms with Crippen molar-refractivity contribution < 1.29 is 5.11 Å². The molecule has 3 atom stereocenters. The van der Waals surface area contributed by atoms with Crippen LogP contribution in [0.5, 0.6) is 0 Å². The molecule has 0 aromatic rings. The van der Waals surface area contributed by atoms with Gasteiger partial charge in [0.15, 0.2) is 0 Å². The van der Waals surface area contributed by atoms with Crippen molar-refractivity contribution >= 4 is 15.9 Å². The Kier molecular flexibility index (Phi) is 4.47. The van der Waals surface area contributed by atoms with Gasteiger partial charge in [-0.15, -0.1) is 0 Å². The van der Waals surface area contributed by atoms with E-state index in [4.69, 9.17) is 0 Å². The van der Waals surface area contributed by atoms with Crippen molar-refractivity contribution in [3.63, 3.8) is 0 Å². The number of piperidine rings is 1. The predicted molar refractivity (Wildman–Crippen MR) is 66.3 cm³/mol. The van der Waals surface area contributed by atoms with E-state index in [0.29, 0.717) is 5.33 Å². The molecule has 0 aromatic heterocycles. The molecule has 88 valence electrons. The fourth-order valence-corrected chi connectivity index (χ4v) is 3.39. The van der Waals surface area contributed by atoms with Gasteiger partial charge < -0.3 is 10.0 Å². The summed E-state index contributed by atoms with van der Waals surface area (Å²) in [5, 5.41) is 10.3. The summed E-state index contributed by atoms with van der Waals surface area (Å²) in [6, 6.07) is 0. The minimum absolute atomic E-state index is 0.190. The maximum atomic E-state index is 9.62. The zero-order valence-electron chi connectivity index (χ0n) is 9.37. The van der Waals surface area contributed by atoms with Crippen LogP contribution in [0.3, 0.4) is 0 Å². The van der Waals surface area contributed by atoms with Gasteiger partial charge in [0.05, 0.1) is 6.10 Å². The molecule has 0 amide bonds. The van der Waals surface area contributed by atoms with Crippen LogP contribution in [0.2, 0.25) is 0 Å². The molecule has 3 unspecified atom stereocenters. The van der Waals surface area contributed by atoms with Crippen LogP contribution in [0.25, 0.3) is 0 Å². The van der Waals surface area contributed by atoms with Crippen LogP contribution in [-0.2, 0) is 0 Å². The Morgan fingerprint density at radius 1 is 1.20 bits per heavy atom. The lowest BCUT2D eigenvalue weighted by atomic mass is 9.75. The van der Waals surface area contributed by atoms with Crippen molar-refractivity contribution in [1.29, 1.82) is 0 Å². The van der Waals surface area contributed by atoms with Crippen LogP contribution in [0, 0.1) is 11.8 Å². The summed E-state index contributed by atoms with van der Waals surface area (Å²) in [6.45, 7) is 3.29. The SMILES string of the molecule is OC(CBr)CN1CCC2CCCCC2C1. The van der Waals surface area contributed by atoms with Gasteiger partial charge in [-0.3, -0.25) is 0 Å². The summed E-state index contributed by atoms with van der Waals surface area (Å²) in [7, 11) is 0. The highest BCUT2D eigenvalue weighted by atomic mass is 79.9. The molecule has 1 aliphatic carbocycles. The number of likely N-dealkylation sites (tertiary alicyclic amines) is 1. The first-order valence-electron chi connectivity index (χ1n) is 6.26. The van der Waals surface area contributed by atoms with E-state index in [9.17, 15) is 5.11 Å². The Labute approximate surface area is 101 Å². The van der Waals surface area contributed by atoms with Gasteiger partial charge in [-0.1, -0.05) is 35.2 Å². The Morgan fingerprint density at radius 2 is 1.93 bits per heavy atom. The van der Waals surface area contributed by atoms with E-state index in [1.165, 1.54) is 45.2 Å². The van der Waals surface area contributed by atoms with E-state index in [2.05, 4.69) is 20.8 Å². The van der Waals surface area contributed by atoms with Crippen molar-refractivity contribution in [2.45, 2.75) is 38.2 Å². The Morgan fingerprint density at radius 3 is 2.67 bits per heavy atom. The molecular formula is C12H22BrNO. The van der Waals surface area contributed by atoms with Crippen molar-refractivity contribution in [2.75, 3.05) is 25.0 Å². The van der Waals surface area contributed by atoms with E-state index in [0.717, 1.165) is 18.4 Å². The fourth-order valence-electron chi connectivity index (χ4n) is 3.19. The van der Waals surface area contributed by atoms with Gasteiger partial charge in [0.2, 0.25) is 0 Å². The lowest BCUT2D eigenvalue weighted by molar-refractivity contribution is 0.0536. The normalized spacial score (nSPS) is 34.8. The summed E-state index contributed by atoms with van der Waals surface area (Å²) in [5.74, 6) is 1.92. The number of nitrogens with zero attached hydrogens (tertiary/aromatic N) is 1. The molecule has 15 heavy (non-hydrogen) atoms. The zero-order chi connectivity index (χ0) is 10.7. The monoisotopic (exact) mass is 275 g/mol. The first-order valence-corrected chi connectivity index (χ1v) is 7.38. The minimum atomic E-state index is -0.190. The number of hydrogen-bond acceptors (Lipinski definition) is 2. The van der Waals surface area contributed by atoms with Gasteiger partial charge in [-0.05, 0) is 31.2 Å². The van der Waals surface area contributed by atoms with E-state index in [-0.39, 0.29) is 6.10 Å². The van der Waals surface area contributed by atoms with Crippen LogP contribution in [0.15, 0.2) is 0 Å². The first-order chi connectivity index (χ1) is 7.29. The van der Waals surface area contributed by atoms with Crippen LogP contribution in [0.1, 0.15) is 32.1 Å². The number of hydrogen-bond donors (Lipinski definition) is 1. The standard InChI is InChI=1S/C12H22BrNO/c13-7-12(15)9-14-6-5-10-3-1-2-4-11(10)8-14/h10-12,15H,1-9H2. The molecule has 2 nitrogen and oxygen atoms in total. The number of β-amino-alcohol motifs (C(OH)–C–C–N with tert-alkyl or cyclic N) is 1. The molecule has 2 rings (SSSR count). The molecule has 0 spiro atoms. The number of rotatable bonds is 3. The minimum Gasteiger partial charge on any atom is -0.391 e. The van der Waals surface area contributed by atoms with Gasteiger partial charge in [-0.2, -0.15) is 0 Å². The topological polar surface area (TPSA) is 23.5 Å². The Balaban J connectivity index is 1.80. The molecule has 1 heterocycles. The van der Waals surface area contributed by atoms with Crippen LogP contribution in [0.4, 0.5) is 0 Å². The average molecular weight is 276 g/mol. The number of halogens is 1. The zero-order valence-corrected chi connectivity index (χ0v) is 11.0. The van der Waals surface area contributed by atoms with Gasteiger partial charge in [0, 0.05) is 18.4 Å². The molecule has 0 bridgehead atoms. The van der Waals surface area contributed by atoms with Gasteiger partial charge in [0.25, 0.3) is 0 Å². The van der Waals surface area contributed by atoms with Gasteiger partial charge in [-0.25, -0.2) is 0 Å². The highest BCUT2D eigenvalue weighted by Crippen LogP contribution is 2.35. The number of fused-ring (bicyclic) bond motifs is 1. The van der Waals surface area contributed by atoms with Crippen LogP contribution >= 0.6 is 15.9 Å². The molecule has 1 saturated carbocycles. The summed E-state index contributed by atoms with van der Waals surface area (Å²) in [6.07, 6.45) is 6.93. The number of aliphatic hydroxyl groups is 1. The van der Waals surface area contributed by atoms with Crippen molar-refractivity contribution in [1.82, 2.24) is 4.90 Å². The third-order valence-corrected chi connectivity index (χ3v) is 4.77. The summed E-state index contributed by atoms with van der Waals surface area (Å²) < 4.78 is 0. The third kappa shape index (κ3) is 3.18. The smallest absolute Gasteiger partial charge is 0.0763 e. The molecule has 1 saturated heterocycles. The van der Waals surface area contributed by atoms with Crippen molar-refractivity contribution in [3.8, 4) is 0 Å². The molecule has 3 heteroatoms. The molecular weight excluding hydrogens is 254 g/mol. The molecule has 2 aliphatic rings. The van der Waals surface area contributed by atoms with Crippen molar-refractivity contribution in [2.24, 2.45) is 11.8 Å². The number of aliphatic hydroxyl groups excluding tert-OH is 1. The van der Waals surface area contributed by atoms with E-state index < -0.39 is 0 Å². The highest BCUT2D eigenvalue weighted by molar-refractivity contribution is 9.09. The second-order valence-corrected chi connectivity index (χ2v) is 5.81. The average Bonchev–Trinajstić information content (AvgIpc) is 2.29. The molecule has 1 aliphatic heterocycles. The molecule has 0 aromatic carbocycles. The maximum Gasteiger partial charge on any atom is 0.0763 e. The van der Waals surface area contributed by atoms with Crippen molar-refractivity contribution in [3.05, 3.63) is 0 Å². The Bertz CT molecular complexity index is 200. The second-order valence-electron chi connectivity index (χ2n) is 5.16. The second kappa shape index (κ2) is 5.65. The summed E-state index contributed by atoms with van der Waals surface area (Å²) in [4.78, 5) is 2.46. The molecule has 0 radical (unpaired) electrons. The predicted octanol–water partition coefficient (Wildman–Crippen LogP) is 2.25. The van der Waals surface area contributed by atoms with Crippen LogP contribution < -0.4 is 0 Å². The summed E-state index contributed by atoms with van der Waals surface area (Å²) >= 11 is 3.33. The van der Waals surface area contributed by atoms with E-state index in [1.54, 1.807) is 0 Å². The van der Waals surface area contributed by atoms with E-state index >= 15 is 0 Å². The lowest BCUT2D eigenvalue weighted by Crippen LogP contribution is -2.45. The van der Waals surface area contributed by atoms with Gasteiger partial charge in [0.1, 0.15) is 0 Å². The van der Waals surface area contributed by atoms with Gasteiger partial charge >= 0.3 is 0 Å². The summed E-state index contributed by atoms with van der Waals surface area (Å²) in [5.41, 5.74) is 0. The lowest BCUT2D eigenvalue weighted by Gasteiger charge is -2.41. The largest absolute Gasteiger partial charge is 0.391 e. The fraction of sp³-hybridized carbons (Fsp3) is 1.00. The Hall–Kier alpha value is 0.400. The van der Waals surface area contributed by atoms with E-state index in [1.807, 2.05) is 0 Å². The molecule has 1 N–H and O–H groups in total. The highest BCUT2D eigenvalue weighted by Gasteiger charge is 2.31. The van der Waals surface area contributed by atoms with Crippen LogP contribution in [-0.4, -0.2) is 41.1 Å². The maximum absolute atomic E-state index is 9.62. The number of alkyl halides is 1. The third-order valence-electron chi connectivity index (χ3n) is 4.02. The first kappa shape index (κ1) is 11.9. The molecule has 2 fully saturated rings.